The number of fused-ring (bicyclic) bond motifs is 15. The second-order valence-corrected chi connectivity index (χ2v) is 18.1. The number of furan rings is 3. The van der Waals surface area contributed by atoms with E-state index in [2.05, 4.69) is 179 Å². The van der Waals surface area contributed by atoms with Crippen LogP contribution in [-0.4, -0.2) is 9.13 Å². The highest BCUT2D eigenvalue weighted by molar-refractivity contribution is 6.12. The minimum Gasteiger partial charge on any atom is -0.460 e. The van der Waals surface area contributed by atoms with E-state index in [0.29, 0.717) is 0 Å². The maximum atomic E-state index is 6.53. The Labute approximate surface area is 373 Å². The van der Waals surface area contributed by atoms with Gasteiger partial charge in [0, 0.05) is 78.8 Å². The molecule has 3 aliphatic rings. The normalized spacial score (nSPS) is 14.8. The lowest BCUT2D eigenvalue weighted by Gasteiger charge is -2.16. The van der Waals surface area contributed by atoms with Gasteiger partial charge < -0.3 is 22.4 Å². The van der Waals surface area contributed by atoms with E-state index in [0.717, 1.165) is 105 Å². The SMILES string of the molecule is C1=Cc2c(c3ccccc3n2-c2ccc3oc4c(c3c2)C=C(c2ccc3oc5ccc(-c6ccc7oc8c(c7c6)C=C(n6c7ccccc7c7ccccc76)CC8)cc5c3c2)CC4)CC1. The molecular formula is C60H40N2O3. The quantitative estimate of drug-likeness (QED) is 0.177. The Bertz CT molecular complexity index is 4080. The van der Waals surface area contributed by atoms with Crippen LogP contribution in [0.5, 0.6) is 0 Å². The third kappa shape index (κ3) is 5.15. The van der Waals surface area contributed by atoms with Crippen LogP contribution in [0, 0.1) is 0 Å². The predicted octanol–water partition coefficient (Wildman–Crippen LogP) is 16.2. The molecule has 0 atom stereocenters. The number of hydrogen-bond acceptors (Lipinski definition) is 3. The first kappa shape index (κ1) is 35.4. The zero-order chi connectivity index (χ0) is 42.3. The Balaban J connectivity index is 0.805. The van der Waals surface area contributed by atoms with E-state index in [-0.39, 0.29) is 0 Å². The molecule has 12 aromatic rings. The monoisotopic (exact) mass is 836 g/mol. The van der Waals surface area contributed by atoms with Crippen LogP contribution in [-0.2, 0) is 19.3 Å². The van der Waals surface area contributed by atoms with Crippen LogP contribution in [0.3, 0.4) is 0 Å². The molecule has 7 aromatic carbocycles. The molecule has 0 spiro atoms. The first-order valence-electron chi connectivity index (χ1n) is 23.0. The van der Waals surface area contributed by atoms with Gasteiger partial charge in [-0.25, -0.2) is 0 Å². The highest BCUT2D eigenvalue weighted by Crippen LogP contribution is 2.44. The zero-order valence-corrected chi connectivity index (χ0v) is 35.5. The molecule has 0 N–H and O–H groups in total. The number of para-hydroxylation sites is 3. The van der Waals surface area contributed by atoms with Gasteiger partial charge in [-0.1, -0.05) is 78.9 Å². The summed E-state index contributed by atoms with van der Waals surface area (Å²) in [6.07, 6.45) is 15.0. The molecule has 0 radical (unpaired) electrons. The molecule has 65 heavy (non-hydrogen) atoms. The minimum absolute atomic E-state index is 0.861. The number of aryl methyl sites for hydroxylation is 3. The van der Waals surface area contributed by atoms with Crippen LogP contribution in [0.2, 0.25) is 0 Å². The first-order chi connectivity index (χ1) is 32.2. The van der Waals surface area contributed by atoms with Crippen LogP contribution < -0.4 is 0 Å². The Kier molecular flexibility index (Phi) is 7.23. The number of hydrogen-bond donors (Lipinski definition) is 0. The van der Waals surface area contributed by atoms with E-state index < -0.39 is 0 Å². The van der Waals surface area contributed by atoms with E-state index in [1.165, 1.54) is 77.6 Å². The Morgan fingerprint density at radius 3 is 1.68 bits per heavy atom. The lowest BCUT2D eigenvalue weighted by molar-refractivity contribution is 0.546. The molecular weight excluding hydrogens is 797 g/mol. The van der Waals surface area contributed by atoms with E-state index in [1.807, 2.05) is 0 Å². The molecule has 3 aliphatic carbocycles. The Morgan fingerprint density at radius 2 is 0.954 bits per heavy atom. The van der Waals surface area contributed by atoms with Crippen molar-refractivity contribution in [3.63, 3.8) is 0 Å². The van der Waals surface area contributed by atoms with Crippen molar-refractivity contribution in [2.24, 2.45) is 0 Å². The van der Waals surface area contributed by atoms with Gasteiger partial charge in [0.1, 0.15) is 33.9 Å². The second kappa shape index (κ2) is 13.3. The molecule has 0 amide bonds. The molecule has 15 rings (SSSR count). The van der Waals surface area contributed by atoms with Crippen molar-refractivity contribution in [2.75, 3.05) is 0 Å². The Morgan fingerprint density at radius 1 is 0.400 bits per heavy atom. The van der Waals surface area contributed by atoms with E-state index >= 15 is 0 Å². The summed E-state index contributed by atoms with van der Waals surface area (Å²) in [5.41, 5.74) is 19.8. The topological polar surface area (TPSA) is 49.3 Å². The summed E-state index contributed by atoms with van der Waals surface area (Å²) in [6, 6.07) is 53.0. The molecule has 0 unspecified atom stereocenters. The number of allylic oxidation sites excluding steroid dienone is 3. The van der Waals surface area contributed by atoms with Crippen LogP contribution in [0.1, 0.15) is 58.7 Å². The standard InChI is InChI=1S/C60H40N2O3/c1-5-13-51-41(9-1)42-10-2-6-14-52(42)61(51)39-21-27-59-49(33-39)47-31-37(19-25-57(47)64-59)35-17-23-55-45(29-35)46-30-36(18-24-56(46)63-55)38-20-26-58-48(32-38)50-34-40(22-28-60(50)65-58)62-53-15-7-3-11-43(53)44-12-4-8-16-54(44)62/h1-3,5-11,13-19,22-25,28-34H,4,12,20-21,26-27H2. The molecule has 0 saturated heterocycles. The average Bonchev–Trinajstić information content (AvgIpc) is 4.17. The molecule has 5 nitrogen and oxygen atoms in total. The first-order valence-corrected chi connectivity index (χ1v) is 23.0. The van der Waals surface area contributed by atoms with Crippen molar-refractivity contribution in [1.82, 2.24) is 9.13 Å². The molecule has 5 heteroatoms. The minimum atomic E-state index is 0.861. The highest BCUT2D eigenvalue weighted by Gasteiger charge is 2.25. The summed E-state index contributed by atoms with van der Waals surface area (Å²) in [5.74, 6) is 2.12. The van der Waals surface area contributed by atoms with Crippen molar-refractivity contribution >= 4 is 106 Å². The number of benzene rings is 7. The van der Waals surface area contributed by atoms with Crippen molar-refractivity contribution < 1.29 is 13.3 Å². The van der Waals surface area contributed by atoms with Crippen molar-refractivity contribution in [1.29, 1.82) is 0 Å². The number of aromatic nitrogens is 2. The molecule has 308 valence electrons. The van der Waals surface area contributed by atoms with Gasteiger partial charge in [-0.05, 0) is 145 Å². The fraction of sp³-hybridized carbons (Fsp3) is 0.100. The van der Waals surface area contributed by atoms with Gasteiger partial charge in [-0.15, -0.1) is 0 Å². The van der Waals surface area contributed by atoms with Crippen molar-refractivity contribution in [3.8, 4) is 16.8 Å². The molecule has 0 aliphatic heterocycles. The van der Waals surface area contributed by atoms with Gasteiger partial charge >= 0.3 is 0 Å². The summed E-state index contributed by atoms with van der Waals surface area (Å²) < 4.78 is 24.4. The average molecular weight is 837 g/mol. The maximum absolute atomic E-state index is 6.53. The molecule has 5 aromatic heterocycles. The third-order valence-electron chi connectivity index (χ3n) is 14.6. The lowest BCUT2D eigenvalue weighted by Crippen LogP contribution is -2.03. The predicted molar refractivity (Wildman–Crippen MR) is 267 cm³/mol. The van der Waals surface area contributed by atoms with Gasteiger partial charge in [0.25, 0.3) is 0 Å². The lowest BCUT2D eigenvalue weighted by atomic mass is 9.90. The third-order valence-corrected chi connectivity index (χ3v) is 14.6. The highest BCUT2D eigenvalue weighted by atomic mass is 16.3. The summed E-state index contributed by atoms with van der Waals surface area (Å²) >= 11 is 0. The van der Waals surface area contributed by atoms with Gasteiger partial charge in [-0.3, -0.25) is 0 Å². The van der Waals surface area contributed by atoms with E-state index in [1.54, 1.807) is 0 Å². The maximum Gasteiger partial charge on any atom is 0.135 e. The van der Waals surface area contributed by atoms with Crippen LogP contribution >= 0.6 is 0 Å². The van der Waals surface area contributed by atoms with Gasteiger partial charge in [-0.2, -0.15) is 0 Å². The summed E-state index contributed by atoms with van der Waals surface area (Å²) in [4.78, 5) is 0. The van der Waals surface area contributed by atoms with Crippen LogP contribution in [0.25, 0.3) is 123 Å². The van der Waals surface area contributed by atoms with E-state index in [9.17, 15) is 0 Å². The van der Waals surface area contributed by atoms with Crippen molar-refractivity contribution in [3.05, 3.63) is 191 Å². The molecule has 5 heterocycles. The molecule has 0 fully saturated rings. The van der Waals surface area contributed by atoms with Crippen molar-refractivity contribution in [2.45, 2.75) is 38.5 Å². The smallest absolute Gasteiger partial charge is 0.135 e. The summed E-state index contributed by atoms with van der Waals surface area (Å²) in [7, 11) is 0. The fourth-order valence-corrected chi connectivity index (χ4v) is 11.6. The molecule has 0 saturated carbocycles. The van der Waals surface area contributed by atoms with Gasteiger partial charge in [0.05, 0.1) is 16.6 Å². The number of nitrogens with zero attached hydrogens (tertiary/aromatic N) is 2. The van der Waals surface area contributed by atoms with Crippen LogP contribution in [0.15, 0.2) is 165 Å². The summed E-state index contributed by atoms with van der Waals surface area (Å²) in [6.45, 7) is 0. The Hall–Kier alpha value is -8.02. The largest absolute Gasteiger partial charge is 0.460 e. The van der Waals surface area contributed by atoms with Crippen LogP contribution in [0.4, 0.5) is 0 Å². The summed E-state index contributed by atoms with van der Waals surface area (Å²) in [5, 5.41) is 8.47. The van der Waals surface area contributed by atoms with Gasteiger partial charge in [0.2, 0.25) is 0 Å². The van der Waals surface area contributed by atoms with E-state index in [4.69, 9.17) is 13.3 Å². The van der Waals surface area contributed by atoms with Gasteiger partial charge in [0.15, 0.2) is 0 Å². The fourth-order valence-electron chi connectivity index (χ4n) is 11.6. The second-order valence-electron chi connectivity index (χ2n) is 18.1. The molecule has 0 bridgehead atoms. The zero-order valence-electron chi connectivity index (χ0n) is 35.5. The number of rotatable bonds is 4.